The van der Waals surface area contributed by atoms with Gasteiger partial charge in [0, 0.05) is 6.54 Å². The van der Waals surface area contributed by atoms with E-state index >= 15 is 0 Å². The van der Waals surface area contributed by atoms with Gasteiger partial charge in [-0.15, -0.1) is 4.91 Å². The molecule has 0 amide bonds. The highest BCUT2D eigenvalue weighted by Gasteiger charge is 1.96. The number of nitrogens with one attached hydrogen (secondary N) is 2. The van der Waals surface area contributed by atoms with Crippen LogP contribution in [0, 0.1) is 4.91 Å². The molecule has 0 spiro atoms. The maximum Gasteiger partial charge on any atom is 0.0713 e. The molecule has 0 aromatic carbocycles. The molecule has 0 saturated carbocycles. The van der Waals surface area contributed by atoms with Crippen LogP contribution < -0.4 is 10.9 Å². The molecule has 0 bridgehead atoms. The fourth-order valence-corrected chi connectivity index (χ4v) is 0.471. The molecule has 0 saturated heterocycles. The summed E-state index contributed by atoms with van der Waals surface area (Å²) in [6.07, 6.45) is 0. The second kappa shape index (κ2) is 6.40. The number of hydrogen-bond acceptors (Lipinski definition) is 5. The molecule has 0 aliphatic heterocycles. The van der Waals surface area contributed by atoms with E-state index in [4.69, 9.17) is 5.21 Å². The molecule has 10 heavy (non-hydrogen) atoms. The highest BCUT2D eigenvalue weighted by Crippen LogP contribution is 1.77. The molecule has 0 fully saturated rings. The molecular weight excluding hydrogens is 136 g/mol. The van der Waals surface area contributed by atoms with E-state index in [0.717, 1.165) is 11.7 Å². The SMILES string of the molecule is CCNCCN(N=O)NO. The van der Waals surface area contributed by atoms with E-state index in [1.54, 1.807) is 5.59 Å². The number of nitrogens with zero attached hydrogens (tertiary/aromatic N) is 2. The summed E-state index contributed by atoms with van der Waals surface area (Å²) in [5.74, 6) is 0. The first kappa shape index (κ1) is 9.28. The van der Waals surface area contributed by atoms with Crippen LogP contribution in [0.1, 0.15) is 6.92 Å². The standard InChI is InChI=1S/C4H12N4O2/c1-2-5-3-4-8(6-9)7-10/h5-6,9H,2-4H2,1H3. The van der Waals surface area contributed by atoms with Gasteiger partial charge >= 0.3 is 0 Å². The Kier molecular flexibility index (Phi) is 5.94. The summed E-state index contributed by atoms with van der Waals surface area (Å²) >= 11 is 0. The van der Waals surface area contributed by atoms with E-state index in [1.807, 2.05) is 6.92 Å². The zero-order chi connectivity index (χ0) is 7.82. The van der Waals surface area contributed by atoms with Gasteiger partial charge in [-0.3, -0.25) is 5.21 Å². The third kappa shape index (κ3) is 4.19. The first-order chi connectivity index (χ1) is 4.85. The molecule has 60 valence electrons. The Morgan fingerprint density at radius 3 is 2.80 bits per heavy atom. The van der Waals surface area contributed by atoms with Gasteiger partial charge in [-0.05, 0) is 6.54 Å². The van der Waals surface area contributed by atoms with Crippen molar-refractivity contribution in [2.24, 2.45) is 5.29 Å². The van der Waals surface area contributed by atoms with Gasteiger partial charge in [0.05, 0.1) is 11.8 Å². The van der Waals surface area contributed by atoms with Crippen molar-refractivity contribution in [3.05, 3.63) is 4.91 Å². The lowest BCUT2D eigenvalue weighted by atomic mass is 10.6. The van der Waals surface area contributed by atoms with Crippen LogP contribution in [0.4, 0.5) is 0 Å². The lowest BCUT2D eigenvalue weighted by molar-refractivity contribution is -0.0190. The summed E-state index contributed by atoms with van der Waals surface area (Å²) < 4.78 is 0. The maximum absolute atomic E-state index is 9.76. The van der Waals surface area contributed by atoms with E-state index in [9.17, 15) is 4.91 Å². The minimum absolute atomic E-state index is 0.341. The lowest BCUT2D eigenvalue weighted by Crippen LogP contribution is -2.36. The Balaban J connectivity index is 3.17. The highest BCUT2D eigenvalue weighted by atomic mass is 16.5. The summed E-state index contributed by atoms with van der Waals surface area (Å²) in [4.78, 5) is 9.76. The zero-order valence-corrected chi connectivity index (χ0v) is 5.87. The minimum Gasteiger partial charge on any atom is -0.315 e. The van der Waals surface area contributed by atoms with Gasteiger partial charge in [-0.1, -0.05) is 12.5 Å². The quantitative estimate of drug-likeness (QED) is 0.268. The largest absolute Gasteiger partial charge is 0.315 e. The molecule has 0 unspecified atom stereocenters. The van der Waals surface area contributed by atoms with Gasteiger partial charge in [0.1, 0.15) is 0 Å². The van der Waals surface area contributed by atoms with Crippen molar-refractivity contribution in [2.45, 2.75) is 6.92 Å². The summed E-state index contributed by atoms with van der Waals surface area (Å²) in [6, 6.07) is 0. The van der Waals surface area contributed by atoms with E-state index < -0.39 is 0 Å². The third-order valence-corrected chi connectivity index (χ3v) is 0.964. The molecule has 0 aromatic rings. The molecular formula is C4H12N4O2. The zero-order valence-electron chi connectivity index (χ0n) is 5.87. The van der Waals surface area contributed by atoms with Crippen molar-refractivity contribution < 1.29 is 5.21 Å². The van der Waals surface area contributed by atoms with Gasteiger partial charge < -0.3 is 5.32 Å². The molecule has 6 nitrogen and oxygen atoms in total. The molecule has 0 rings (SSSR count). The summed E-state index contributed by atoms with van der Waals surface area (Å²) in [7, 11) is 0. The normalized spacial score (nSPS) is 9.40. The number of hydrogen-bond donors (Lipinski definition) is 3. The number of rotatable bonds is 6. The van der Waals surface area contributed by atoms with Crippen LogP contribution in [0.5, 0.6) is 0 Å². The highest BCUT2D eigenvalue weighted by molar-refractivity contribution is 4.45. The molecule has 3 N–H and O–H groups in total. The Morgan fingerprint density at radius 2 is 2.40 bits per heavy atom. The summed E-state index contributed by atoms with van der Waals surface area (Å²) in [5, 5.41) is 14.4. The summed E-state index contributed by atoms with van der Waals surface area (Å²) in [6.45, 7) is 3.73. The molecule has 0 atom stereocenters. The average Bonchev–Trinajstić information content (AvgIpc) is 1.99. The maximum atomic E-state index is 9.76. The average molecular weight is 148 g/mol. The molecule has 0 aromatic heterocycles. The van der Waals surface area contributed by atoms with Crippen LogP contribution in [0.2, 0.25) is 0 Å². The van der Waals surface area contributed by atoms with Crippen molar-refractivity contribution in [1.82, 2.24) is 16.0 Å². The third-order valence-electron chi connectivity index (χ3n) is 0.964. The smallest absolute Gasteiger partial charge is 0.0713 e. The Morgan fingerprint density at radius 1 is 1.70 bits per heavy atom. The second-order valence-electron chi connectivity index (χ2n) is 1.66. The van der Waals surface area contributed by atoms with Crippen molar-refractivity contribution in [2.75, 3.05) is 19.6 Å². The van der Waals surface area contributed by atoms with E-state index in [0.29, 0.717) is 13.1 Å². The van der Waals surface area contributed by atoms with E-state index in [-0.39, 0.29) is 0 Å². The van der Waals surface area contributed by atoms with Crippen molar-refractivity contribution in [3.63, 3.8) is 0 Å². The Hall–Kier alpha value is -0.720. The van der Waals surface area contributed by atoms with Gasteiger partial charge in [0.25, 0.3) is 0 Å². The number of likely N-dealkylation sites (N-methyl/N-ethyl adjacent to an activating group) is 1. The Labute approximate surface area is 59.1 Å². The van der Waals surface area contributed by atoms with Crippen LogP contribution in [-0.2, 0) is 0 Å². The first-order valence-corrected chi connectivity index (χ1v) is 3.06. The Bertz CT molecular complexity index is 89.3. The van der Waals surface area contributed by atoms with Crippen LogP contribution in [0.15, 0.2) is 5.29 Å². The minimum atomic E-state index is 0.341. The molecule has 0 radical (unpaired) electrons. The van der Waals surface area contributed by atoms with E-state index in [1.165, 1.54) is 0 Å². The first-order valence-electron chi connectivity index (χ1n) is 3.06. The summed E-state index contributed by atoms with van der Waals surface area (Å²) in [5.41, 5.74) is 1.62. The van der Waals surface area contributed by atoms with E-state index in [2.05, 4.69) is 10.6 Å². The van der Waals surface area contributed by atoms with Crippen molar-refractivity contribution in [1.29, 1.82) is 0 Å². The predicted molar refractivity (Wildman–Crippen MR) is 36.0 cm³/mol. The fourth-order valence-electron chi connectivity index (χ4n) is 0.471. The lowest BCUT2D eigenvalue weighted by Gasteiger charge is -2.10. The topological polar surface area (TPSA) is 77.0 Å². The van der Waals surface area contributed by atoms with Gasteiger partial charge in [-0.2, -0.15) is 5.12 Å². The van der Waals surface area contributed by atoms with Crippen LogP contribution >= 0.6 is 0 Å². The monoisotopic (exact) mass is 148 g/mol. The van der Waals surface area contributed by atoms with Gasteiger partial charge in [-0.25, -0.2) is 0 Å². The molecule has 0 aliphatic rings. The van der Waals surface area contributed by atoms with Crippen LogP contribution in [0.25, 0.3) is 0 Å². The fraction of sp³-hybridized carbons (Fsp3) is 1.00. The van der Waals surface area contributed by atoms with Crippen molar-refractivity contribution in [3.8, 4) is 0 Å². The van der Waals surface area contributed by atoms with Crippen LogP contribution in [0.3, 0.4) is 0 Å². The molecule has 6 heteroatoms. The molecule has 0 aliphatic carbocycles. The van der Waals surface area contributed by atoms with Gasteiger partial charge in [0.2, 0.25) is 0 Å². The van der Waals surface area contributed by atoms with Gasteiger partial charge in [0.15, 0.2) is 0 Å². The molecule has 0 heterocycles. The number of nitroso groups, excluding NO2 is 1. The van der Waals surface area contributed by atoms with Crippen molar-refractivity contribution >= 4 is 0 Å². The second-order valence-corrected chi connectivity index (χ2v) is 1.66. The number of hydrazine groups is 1. The van der Waals surface area contributed by atoms with Crippen LogP contribution in [-0.4, -0.2) is 30.0 Å². The predicted octanol–water partition coefficient (Wildman–Crippen LogP) is -0.527.